The number of phenols is 1. The highest BCUT2D eigenvalue weighted by molar-refractivity contribution is 5.80. The first kappa shape index (κ1) is 13.8. The van der Waals surface area contributed by atoms with Gasteiger partial charge in [0.15, 0.2) is 0 Å². The standard InChI is InChI=1S/C15H22O2/c1-14(2,3)11-8-7-10(9-16)12(13(11)17)15(4,5)6/h7-9,17H,1-6H3. The van der Waals surface area contributed by atoms with Crippen molar-refractivity contribution < 1.29 is 9.90 Å². The molecule has 0 aliphatic carbocycles. The zero-order chi connectivity index (χ0) is 13.4. The number of benzene rings is 1. The minimum absolute atomic E-state index is 0.133. The number of hydrogen-bond donors (Lipinski definition) is 1. The maximum absolute atomic E-state index is 11.1. The molecule has 1 N–H and O–H groups in total. The lowest BCUT2D eigenvalue weighted by Crippen LogP contribution is -2.19. The molecule has 0 aromatic heterocycles. The summed E-state index contributed by atoms with van der Waals surface area (Å²) in [6.45, 7) is 12.2. The first-order valence-electron chi connectivity index (χ1n) is 5.91. The molecule has 0 spiro atoms. The summed E-state index contributed by atoms with van der Waals surface area (Å²) < 4.78 is 0. The molecule has 2 nitrogen and oxygen atoms in total. The van der Waals surface area contributed by atoms with E-state index in [1.807, 2.05) is 26.8 Å². The van der Waals surface area contributed by atoms with Crippen LogP contribution in [0.15, 0.2) is 12.1 Å². The highest BCUT2D eigenvalue weighted by Gasteiger charge is 2.27. The average molecular weight is 234 g/mol. The molecular formula is C15H22O2. The SMILES string of the molecule is CC(C)(C)c1ccc(C=O)c(C(C)(C)C)c1O. The third-order valence-corrected chi connectivity index (χ3v) is 2.90. The number of aldehydes is 1. The average Bonchev–Trinajstić information content (AvgIpc) is 2.12. The van der Waals surface area contributed by atoms with Crippen molar-refractivity contribution in [3.8, 4) is 5.75 Å². The Morgan fingerprint density at radius 1 is 1.00 bits per heavy atom. The van der Waals surface area contributed by atoms with Crippen LogP contribution < -0.4 is 0 Å². The lowest BCUT2D eigenvalue weighted by Gasteiger charge is -2.28. The number of carbonyl (C=O) groups excluding carboxylic acids is 1. The monoisotopic (exact) mass is 234 g/mol. The summed E-state index contributed by atoms with van der Waals surface area (Å²) in [5.74, 6) is 0.259. The summed E-state index contributed by atoms with van der Waals surface area (Å²) >= 11 is 0. The maximum atomic E-state index is 11.1. The molecule has 0 heterocycles. The van der Waals surface area contributed by atoms with Crippen LogP contribution in [0.2, 0.25) is 0 Å². The number of rotatable bonds is 1. The van der Waals surface area contributed by atoms with Crippen molar-refractivity contribution in [2.24, 2.45) is 0 Å². The smallest absolute Gasteiger partial charge is 0.150 e. The zero-order valence-corrected chi connectivity index (χ0v) is 11.6. The highest BCUT2D eigenvalue weighted by atomic mass is 16.3. The molecule has 0 unspecified atom stereocenters. The van der Waals surface area contributed by atoms with E-state index >= 15 is 0 Å². The molecule has 0 bridgehead atoms. The van der Waals surface area contributed by atoms with E-state index in [1.165, 1.54) is 0 Å². The Bertz CT molecular complexity index is 431. The molecule has 2 heteroatoms. The Morgan fingerprint density at radius 3 is 1.88 bits per heavy atom. The second-order valence-electron chi connectivity index (χ2n) is 6.54. The first-order chi connectivity index (χ1) is 7.59. The van der Waals surface area contributed by atoms with Gasteiger partial charge in [0, 0.05) is 11.1 Å². The van der Waals surface area contributed by atoms with E-state index in [1.54, 1.807) is 6.07 Å². The third kappa shape index (κ3) is 2.68. The quantitative estimate of drug-likeness (QED) is 0.750. The van der Waals surface area contributed by atoms with Crippen molar-refractivity contribution in [2.75, 3.05) is 0 Å². The largest absolute Gasteiger partial charge is 0.507 e. The molecular weight excluding hydrogens is 212 g/mol. The summed E-state index contributed by atoms with van der Waals surface area (Å²) in [5, 5.41) is 10.4. The van der Waals surface area contributed by atoms with E-state index in [0.717, 1.165) is 17.4 Å². The Labute approximate surface area is 104 Å². The van der Waals surface area contributed by atoms with Gasteiger partial charge in [-0.1, -0.05) is 53.7 Å². The Kier molecular flexibility index (Phi) is 3.37. The van der Waals surface area contributed by atoms with Crippen molar-refractivity contribution in [3.05, 3.63) is 28.8 Å². The molecule has 17 heavy (non-hydrogen) atoms. The van der Waals surface area contributed by atoms with Crippen molar-refractivity contribution in [2.45, 2.75) is 52.4 Å². The van der Waals surface area contributed by atoms with Gasteiger partial charge in [-0.2, -0.15) is 0 Å². The van der Waals surface area contributed by atoms with E-state index in [-0.39, 0.29) is 16.6 Å². The topological polar surface area (TPSA) is 37.3 Å². The van der Waals surface area contributed by atoms with Gasteiger partial charge in [0.1, 0.15) is 12.0 Å². The van der Waals surface area contributed by atoms with Gasteiger partial charge < -0.3 is 5.11 Å². The van der Waals surface area contributed by atoms with Gasteiger partial charge in [0.2, 0.25) is 0 Å². The Hall–Kier alpha value is -1.31. The molecule has 0 aliphatic heterocycles. The van der Waals surface area contributed by atoms with Gasteiger partial charge in [-0.25, -0.2) is 0 Å². The second-order valence-corrected chi connectivity index (χ2v) is 6.54. The van der Waals surface area contributed by atoms with Crippen LogP contribution in [-0.4, -0.2) is 11.4 Å². The fourth-order valence-electron chi connectivity index (χ4n) is 2.10. The van der Waals surface area contributed by atoms with E-state index < -0.39 is 0 Å². The van der Waals surface area contributed by atoms with Gasteiger partial charge >= 0.3 is 0 Å². The van der Waals surface area contributed by atoms with Crippen molar-refractivity contribution >= 4 is 6.29 Å². The van der Waals surface area contributed by atoms with Crippen LogP contribution in [0.1, 0.15) is 63.0 Å². The Morgan fingerprint density at radius 2 is 1.53 bits per heavy atom. The van der Waals surface area contributed by atoms with Crippen molar-refractivity contribution in [3.63, 3.8) is 0 Å². The van der Waals surface area contributed by atoms with Gasteiger partial charge in [-0.15, -0.1) is 0 Å². The molecule has 0 saturated heterocycles. The predicted molar refractivity (Wildman–Crippen MR) is 70.9 cm³/mol. The van der Waals surface area contributed by atoms with Crippen LogP contribution in [0, 0.1) is 0 Å². The molecule has 0 fully saturated rings. The normalized spacial score (nSPS) is 12.6. The number of phenolic OH excluding ortho intramolecular Hbond substituents is 1. The molecule has 1 aromatic rings. The van der Waals surface area contributed by atoms with E-state index in [9.17, 15) is 9.90 Å². The van der Waals surface area contributed by atoms with Crippen LogP contribution in [0.5, 0.6) is 5.75 Å². The van der Waals surface area contributed by atoms with Gasteiger partial charge in [0.05, 0.1) is 0 Å². The number of hydrogen-bond acceptors (Lipinski definition) is 2. The molecule has 0 atom stereocenters. The molecule has 0 amide bonds. The summed E-state index contributed by atoms with van der Waals surface area (Å²) in [5.41, 5.74) is 1.81. The summed E-state index contributed by atoms with van der Waals surface area (Å²) in [6.07, 6.45) is 0.812. The maximum Gasteiger partial charge on any atom is 0.150 e. The van der Waals surface area contributed by atoms with Gasteiger partial charge in [0.25, 0.3) is 0 Å². The third-order valence-electron chi connectivity index (χ3n) is 2.90. The molecule has 0 saturated carbocycles. The van der Waals surface area contributed by atoms with Crippen molar-refractivity contribution in [1.82, 2.24) is 0 Å². The number of aromatic hydroxyl groups is 1. The summed E-state index contributed by atoms with van der Waals surface area (Å²) in [6, 6.07) is 3.64. The molecule has 94 valence electrons. The summed E-state index contributed by atoms with van der Waals surface area (Å²) in [4.78, 5) is 11.1. The lowest BCUT2D eigenvalue weighted by atomic mass is 9.77. The van der Waals surface area contributed by atoms with E-state index in [4.69, 9.17) is 0 Å². The van der Waals surface area contributed by atoms with Gasteiger partial charge in [-0.05, 0) is 16.4 Å². The van der Waals surface area contributed by atoms with Crippen LogP contribution in [0.4, 0.5) is 0 Å². The zero-order valence-electron chi connectivity index (χ0n) is 11.6. The van der Waals surface area contributed by atoms with E-state index in [2.05, 4.69) is 20.8 Å². The minimum Gasteiger partial charge on any atom is -0.507 e. The molecule has 0 aliphatic rings. The van der Waals surface area contributed by atoms with Crippen LogP contribution >= 0.6 is 0 Å². The van der Waals surface area contributed by atoms with E-state index in [0.29, 0.717) is 5.56 Å². The Balaban J connectivity index is 3.61. The fraction of sp³-hybridized carbons (Fsp3) is 0.533. The second kappa shape index (κ2) is 4.17. The first-order valence-corrected chi connectivity index (χ1v) is 5.91. The minimum atomic E-state index is -0.248. The van der Waals surface area contributed by atoms with Crippen LogP contribution in [0.25, 0.3) is 0 Å². The van der Waals surface area contributed by atoms with Crippen LogP contribution in [-0.2, 0) is 10.8 Å². The molecule has 0 radical (unpaired) electrons. The number of carbonyl (C=O) groups is 1. The molecule has 1 aromatic carbocycles. The summed E-state index contributed by atoms with van der Waals surface area (Å²) in [7, 11) is 0. The highest BCUT2D eigenvalue weighted by Crippen LogP contribution is 2.40. The van der Waals surface area contributed by atoms with Crippen LogP contribution in [0.3, 0.4) is 0 Å². The van der Waals surface area contributed by atoms with Crippen molar-refractivity contribution in [1.29, 1.82) is 0 Å². The fourth-order valence-corrected chi connectivity index (χ4v) is 2.10. The van der Waals surface area contributed by atoms with Gasteiger partial charge in [-0.3, -0.25) is 4.79 Å². The lowest BCUT2D eigenvalue weighted by molar-refractivity contribution is 0.112. The predicted octanol–water partition coefficient (Wildman–Crippen LogP) is 3.80. The molecule has 1 rings (SSSR count).